The first-order valence-corrected chi connectivity index (χ1v) is 9.15. The number of carbonyl (C=O) groups excluding carboxylic acids is 1. The number of carbonyl (C=O) groups is 1. The van der Waals surface area contributed by atoms with Crippen molar-refractivity contribution in [1.82, 2.24) is 24.9 Å². The normalized spacial score (nSPS) is 12.2. The van der Waals surface area contributed by atoms with Gasteiger partial charge in [0, 0.05) is 6.07 Å². The Balaban J connectivity index is 1.57. The zero-order valence-corrected chi connectivity index (χ0v) is 15.5. The number of thioether (sulfide) groups is 1. The fourth-order valence-corrected chi connectivity index (χ4v) is 3.43. The molecule has 8 nitrogen and oxygen atoms in total. The summed E-state index contributed by atoms with van der Waals surface area (Å²) < 4.78 is 6.72. The summed E-state index contributed by atoms with van der Waals surface area (Å²) in [4.78, 5) is 21.1. The molecule has 0 saturated carbocycles. The summed E-state index contributed by atoms with van der Waals surface area (Å²) in [5.41, 5.74) is 1.60. The van der Waals surface area contributed by atoms with E-state index in [0.717, 1.165) is 11.1 Å². The SMILES string of the molecule is Cc1cc(NC(=O)C(C)Sc2ncnc3c2cnn3-c2ccccc2)no1. The van der Waals surface area contributed by atoms with Gasteiger partial charge in [-0.2, -0.15) is 5.10 Å². The van der Waals surface area contributed by atoms with Crippen molar-refractivity contribution in [3.05, 3.63) is 54.7 Å². The smallest absolute Gasteiger partial charge is 0.238 e. The Morgan fingerprint density at radius 2 is 2.07 bits per heavy atom. The second kappa shape index (κ2) is 7.20. The zero-order valence-electron chi connectivity index (χ0n) is 14.7. The molecule has 136 valence electrons. The van der Waals surface area contributed by atoms with Gasteiger partial charge in [-0.3, -0.25) is 4.79 Å². The highest BCUT2D eigenvalue weighted by molar-refractivity contribution is 8.00. The van der Waals surface area contributed by atoms with Crippen LogP contribution in [0.15, 0.2) is 58.5 Å². The Labute approximate surface area is 159 Å². The number of hydrogen-bond acceptors (Lipinski definition) is 7. The number of hydrogen-bond donors (Lipinski definition) is 1. The lowest BCUT2D eigenvalue weighted by Gasteiger charge is -2.10. The quantitative estimate of drug-likeness (QED) is 0.419. The first-order chi connectivity index (χ1) is 13.1. The molecule has 0 spiro atoms. The highest BCUT2D eigenvalue weighted by Gasteiger charge is 2.19. The van der Waals surface area contributed by atoms with Crippen LogP contribution < -0.4 is 5.32 Å². The molecule has 1 amide bonds. The Morgan fingerprint density at radius 3 is 2.81 bits per heavy atom. The van der Waals surface area contributed by atoms with Crippen molar-refractivity contribution >= 4 is 34.5 Å². The summed E-state index contributed by atoms with van der Waals surface area (Å²) in [6, 6.07) is 11.4. The van der Waals surface area contributed by atoms with Gasteiger partial charge in [0.1, 0.15) is 17.1 Å². The lowest BCUT2D eigenvalue weighted by atomic mass is 10.3. The highest BCUT2D eigenvalue weighted by Crippen LogP contribution is 2.29. The molecule has 1 unspecified atom stereocenters. The van der Waals surface area contributed by atoms with E-state index in [2.05, 4.69) is 25.5 Å². The lowest BCUT2D eigenvalue weighted by molar-refractivity contribution is -0.115. The largest absolute Gasteiger partial charge is 0.360 e. The maximum atomic E-state index is 12.4. The topological polar surface area (TPSA) is 98.7 Å². The molecule has 4 rings (SSSR count). The van der Waals surface area contributed by atoms with Gasteiger partial charge >= 0.3 is 0 Å². The van der Waals surface area contributed by atoms with Crippen molar-refractivity contribution in [2.24, 2.45) is 0 Å². The van der Waals surface area contributed by atoms with Crippen LogP contribution in [-0.4, -0.2) is 36.1 Å². The van der Waals surface area contributed by atoms with Crippen LogP contribution in [0.1, 0.15) is 12.7 Å². The third-order valence-corrected chi connectivity index (χ3v) is 4.98. The van der Waals surface area contributed by atoms with Crippen LogP contribution in [0.3, 0.4) is 0 Å². The molecule has 9 heteroatoms. The summed E-state index contributed by atoms with van der Waals surface area (Å²) in [5, 5.41) is 12.0. The molecule has 27 heavy (non-hydrogen) atoms. The predicted octanol–water partition coefficient (Wildman–Crippen LogP) is 3.23. The van der Waals surface area contributed by atoms with Gasteiger partial charge in [-0.05, 0) is 26.0 Å². The van der Waals surface area contributed by atoms with Crippen LogP contribution in [0, 0.1) is 6.92 Å². The fourth-order valence-electron chi connectivity index (χ4n) is 2.55. The van der Waals surface area contributed by atoms with Crippen LogP contribution in [0.5, 0.6) is 0 Å². The Bertz CT molecular complexity index is 1090. The molecule has 1 atom stereocenters. The van der Waals surface area contributed by atoms with Gasteiger partial charge < -0.3 is 9.84 Å². The van der Waals surface area contributed by atoms with Gasteiger partial charge in [0.05, 0.1) is 22.5 Å². The summed E-state index contributed by atoms with van der Waals surface area (Å²) in [5.74, 6) is 0.849. The highest BCUT2D eigenvalue weighted by atomic mass is 32.2. The summed E-state index contributed by atoms with van der Waals surface area (Å²) in [7, 11) is 0. The molecule has 3 aromatic heterocycles. The van der Waals surface area contributed by atoms with E-state index in [-0.39, 0.29) is 11.2 Å². The van der Waals surface area contributed by atoms with Gasteiger partial charge in [-0.1, -0.05) is 35.1 Å². The molecule has 0 aliphatic carbocycles. The minimum Gasteiger partial charge on any atom is -0.360 e. The van der Waals surface area contributed by atoms with Gasteiger partial charge in [-0.15, -0.1) is 0 Å². The first kappa shape index (κ1) is 17.2. The number of aromatic nitrogens is 5. The minimum absolute atomic E-state index is 0.185. The van der Waals surface area contributed by atoms with Crippen LogP contribution in [-0.2, 0) is 4.79 Å². The standard InChI is InChI=1S/C18H16N6O2S/c1-11-8-15(23-26-11)22-17(25)12(2)27-18-14-9-21-24(16(14)19-10-20-18)13-6-4-3-5-7-13/h3-10,12H,1-2H3,(H,22,23,25). The number of para-hydroxylation sites is 1. The fraction of sp³-hybridized carbons (Fsp3) is 0.167. The van der Waals surface area contributed by atoms with E-state index in [9.17, 15) is 4.79 Å². The molecular formula is C18H16N6O2S. The average Bonchev–Trinajstić information content (AvgIpc) is 3.29. The van der Waals surface area contributed by atoms with Crippen LogP contribution in [0.4, 0.5) is 5.82 Å². The van der Waals surface area contributed by atoms with Gasteiger partial charge in [0.2, 0.25) is 5.91 Å². The van der Waals surface area contributed by atoms with Crippen LogP contribution in [0.2, 0.25) is 0 Å². The molecule has 0 bridgehead atoms. The lowest BCUT2D eigenvalue weighted by Crippen LogP contribution is -2.22. The van der Waals surface area contributed by atoms with Gasteiger partial charge in [0.25, 0.3) is 0 Å². The number of benzene rings is 1. The molecule has 0 saturated heterocycles. The van der Waals surface area contributed by atoms with E-state index in [1.807, 2.05) is 37.3 Å². The van der Waals surface area contributed by atoms with Crippen molar-refractivity contribution in [1.29, 1.82) is 0 Å². The molecular weight excluding hydrogens is 364 g/mol. The number of anilines is 1. The second-order valence-corrected chi connectivity index (χ2v) is 7.21. The van der Waals surface area contributed by atoms with E-state index < -0.39 is 0 Å². The second-order valence-electron chi connectivity index (χ2n) is 5.88. The third kappa shape index (κ3) is 3.54. The van der Waals surface area contributed by atoms with Crippen LogP contribution >= 0.6 is 11.8 Å². The van der Waals surface area contributed by atoms with Crippen LogP contribution in [0.25, 0.3) is 16.7 Å². The molecule has 3 heterocycles. The molecule has 4 aromatic rings. The van der Waals surface area contributed by atoms with Gasteiger partial charge in [0.15, 0.2) is 11.5 Å². The van der Waals surface area contributed by atoms with Gasteiger partial charge in [-0.25, -0.2) is 14.6 Å². The van der Waals surface area contributed by atoms with Crippen molar-refractivity contribution in [2.75, 3.05) is 5.32 Å². The van der Waals surface area contributed by atoms with Crippen molar-refractivity contribution in [3.8, 4) is 5.69 Å². The number of amides is 1. The number of aryl methyl sites for hydroxylation is 1. The minimum atomic E-state index is -0.389. The summed E-state index contributed by atoms with van der Waals surface area (Å²) in [6.45, 7) is 3.57. The summed E-state index contributed by atoms with van der Waals surface area (Å²) >= 11 is 1.34. The molecule has 0 radical (unpaired) electrons. The van der Waals surface area contributed by atoms with Crippen molar-refractivity contribution in [2.45, 2.75) is 24.1 Å². The van der Waals surface area contributed by atoms with E-state index >= 15 is 0 Å². The predicted molar refractivity (Wildman–Crippen MR) is 102 cm³/mol. The maximum absolute atomic E-state index is 12.4. The third-order valence-electron chi connectivity index (χ3n) is 3.87. The molecule has 1 N–H and O–H groups in total. The van der Waals surface area contributed by atoms with E-state index in [1.165, 1.54) is 18.1 Å². The number of fused-ring (bicyclic) bond motifs is 1. The average molecular weight is 380 g/mol. The Hall–Kier alpha value is -3.20. The van der Waals surface area contributed by atoms with E-state index in [0.29, 0.717) is 22.3 Å². The van der Waals surface area contributed by atoms with E-state index in [4.69, 9.17) is 4.52 Å². The number of nitrogens with one attached hydrogen (secondary N) is 1. The Kier molecular flexibility index (Phi) is 4.59. The monoisotopic (exact) mass is 380 g/mol. The zero-order chi connectivity index (χ0) is 18.8. The molecule has 1 aromatic carbocycles. The van der Waals surface area contributed by atoms with Crippen molar-refractivity contribution < 1.29 is 9.32 Å². The molecule has 0 aliphatic heterocycles. The maximum Gasteiger partial charge on any atom is 0.238 e. The van der Waals surface area contributed by atoms with E-state index in [1.54, 1.807) is 23.9 Å². The van der Waals surface area contributed by atoms with Crippen molar-refractivity contribution in [3.63, 3.8) is 0 Å². The Morgan fingerprint density at radius 1 is 1.26 bits per heavy atom. The first-order valence-electron chi connectivity index (χ1n) is 8.27. The number of nitrogens with zero attached hydrogens (tertiary/aromatic N) is 5. The number of rotatable bonds is 5. The molecule has 0 fully saturated rings. The molecule has 0 aliphatic rings. The summed E-state index contributed by atoms with van der Waals surface area (Å²) in [6.07, 6.45) is 3.20.